The van der Waals surface area contributed by atoms with E-state index in [2.05, 4.69) is 264 Å². The minimum atomic E-state index is 1.08. The van der Waals surface area contributed by atoms with Crippen LogP contribution in [0.25, 0.3) is 83.1 Å². The molecule has 0 unspecified atom stereocenters. The normalized spacial score (nSPS) is 11.2. The fourth-order valence-corrected chi connectivity index (χ4v) is 9.09. The van der Waals surface area contributed by atoms with Gasteiger partial charge < -0.3 is 9.47 Å². The first-order valence-electron chi connectivity index (χ1n) is 21.3. The number of nitrogens with zero attached hydrogens (tertiary/aromatic N) is 2. The van der Waals surface area contributed by atoms with Gasteiger partial charge in [0.2, 0.25) is 0 Å². The van der Waals surface area contributed by atoms with E-state index in [4.69, 9.17) is 0 Å². The van der Waals surface area contributed by atoms with Gasteiger partial charge >= 0.3 is 0 Å². The lowest BCUT2D eigenvalue weighted by Crippen LogP contribution is -2.11. The van der Waals surface area contributed by atoms with Gasteiger partial charge in [-0.3, -0.25) is 0 Å². The predicted octanol–water partition coefficient (Wildman–Crippen LogP) is 16.6. The number of para-hydroxylation sites is 3. The van der Waals surface area contributed by atoms with Crippen LogP contribution in [0.5, 0.6) is 0 Å². The molecule has 11 rings (SSSR count). The van der Waals surface area contributed by atoms with Crippen LogP contribution in [-0.4, -0.2) is 4.57 Å². The van der Waals surface area contributed by atoms with E-state index in [0.29, 0.717) is 0 Å². The monoisotopic (exact) mass is 790 g/mol. The predicted molar refractivity (Wildman–Crippen MR) is 263 cm³/mol. The molecule has 0 aliphatic rings. The molecular formula is C60H42N2. The lowest BCUT2D eigenvalue weighted by molar-refractivity contribution is 1.18. The molecule has 2 heteroatoms. The van der Waals surface area contributed by atoms with Crippen LogP contribution in [0.15, 0.2) is 255 Å². The Bertz CT molecular complexity index is 3240. The Balaban J connectivity index is 1.05. The van der Waals surface area contributed by atoms with E-state index in [9.17, 15) is 0 Å². The highest BCUT2D eigenvalue weighted by Crippen LogP contribution is 2.44. The number of hydrogen-bond donors (Lipinski definition) is 0. The third-order valence-corrected chi connectivity index (χ3v) is 12.0. The largest absolute Gasteiger partial charge is 0.310 e. The molecule has 0 aliphatic heterocycles. The quantitative estimate of drug-likeness (QED) is 0.141. The molecule has 10 aromatic carbocycles. The number of benzene rings is 10. The molecule has 1 aromatic heterocycles. The zero-order valence-corrected chi connectivity index (χ0v) is 34.1. The lowest BCUT2D eigenvalue weighted by atomic mass is 9.92. The first-order valence-corrected chi connectivity index (χ1v) is 21.3. The summed E-state index contributed by atoms with van der Waals surface area (Å²) < 4.78 is 2.44. The number of rotatable bonds is 9. The van der Waals surface area contributed by atoms with E-state index < -0.39 is 0 Å². The summed E-state index contributed by atoms with van der Waals surface area (Å²) in [4.78, 5) is 2.39. The summed E-state index contributed by atoms with van der Waals surface area (Å²) in [5, 5.41) is 2.50. The van der Waals surface area contributed by atoms with Crippen molar-refractivity contribution in [3.05, 3.63) is 255 Å². The van der Waals surface area contributed by atoms with E-state index in [0.717, 1.165) is 39.4 Å². The van der Waals surface area contributed by atoms with Crippen LogP contribution >= 0.6 is 0 Å². The molecule has 0 radical (unpaired) electrons. The fourth-order valence-electron chi connectivity index (χ4n) is 9.09. The van der Waals surface area contributed by atoms with Gasteiger partial charge in [0, 0.05) is 33.3 Å². The molecule has 0 bridgehead atoms. The van der Waals surface area contributed by atoms with E-state index in [1.807, 2.05) is 0 Å². The van der Waals surface area contributed by atoms with Gasteiger partial charge in [0.15, 0.2) is 0 Å². The van der Waals surface area contributed by atoms with Crippen molar-refractivity contribution in [2.45, 2.75) is 0 Å². The highest BCUT2D eigenvalue weighted by molar-refractivity contribution is 6.10. The average Bonchev–Trinajstić information content (AvgIpc) is 3.69. The third-order valence-electron chi connectivity index (χ3n) is 12.0. The van der Waals surface area contributed by atoms with E-state index in [1.165, 1.54) is 60.8 Å². The van der Waals surface area contributed by atoms with Gasteiger partial charge in [0.25, 0.3) is 0 Å². The fraction of sp³-hybridized carbons (Fsp3) is 0. The zero-order valence-electron chi connectivity index (χ0n) is 34.1. The molecule has 11 aromatic rings. The Labute approximate surface area is 362 Å². The Morgan fingerprint density at radius 3 is 1.21 bits per heavy atom. The van der Waals surface area contributed by atoms with E-state index in [-0.39, 0.29) is 0 Å². The number of hydrogen-bond acceptors (Lipinski definition) is 1. The van der Waals surface area contributed by atoms with Gasteiger partial charge in [-0.05, 0) is 93.0 Å². The molecule has 0 spiro atoms. The smallest absolute Gasteiger partial charge is 0.0546 e. The second-order valence-electron chi connectivity index (χ2n) is 15.7. The maximum atomic E-state index is 2.44. The number of anilines is 3. The molecule has 0 fully saturated rings. The summed E-state index contributed by atoms with van der Waals surface area (Å²) >= 11 is 0. The van der Waals surface area contributed by atoms with Crippen LogP contribution in [0.3, 0.4) is 0 Å². The first-order chi connectivity index (χ1) is 30.8. The molecule has 62 heavy (non-hydrogen) atoms. The van der Waals surface area contributed by atoms with Crippen LogP contribution in [0.2, 0.25) is 0 Å². The summed E-state index contributed by atoms with van der Waals surface area (Å²) in [7, 11) is 0. The Hall–Kier alpha value is -8.20. The maximum Gasteiger partial charge on any atom is 0.0546 e. The van der Waals surface area contributed by atoms with Crippen molar-refractivity contribution in [2.75, 3.05) is 4.90 Å². The Morgan fingerprint density at radius 1 is 0.258 bits per heavy atom. The van der Waals surface area contributed by atoms with Crippen molar-refractivity contribution >= 4 is 38.9 Å². The van der Waals surface area contributed by atoms with Crippen LogP contribution in [0, 0.1) is 0 Å². The van der Waals surface area contributed by atoms with E-state index >= 15 is 0 Å². The van der Waals surface area contributed by atoms with Crippen molar-refractivity contribution < 1.29 is 0 Å². The molecule has 0 amide bonds. The Kier molecular flexibility index (Phi) is 9.57. The highest BCUT2D eigenvalue weighted by atomic mass is 15.1. The third kappa shape index (κ3) is 6.74. The average molecular weight is 791 g/mol. The summed E-state index contributed by atoms with van der Waals surface area (Å²) in [6.07, 6.45) is 0. The van der Waals surface area contributed by atoms with Gasteiger partial charge in [-0.2, -0.15) is 0 Å². The van der Waals surface area contributed by atoms with Crippen LogP contribution in [0.1, 0.15) is 0 Å². The standard InChI is InChI=1S/C60H42N2/c1-4-17-43(18-5-1)45-31-33-47(34-32-45)52-23-10-13-27-56(52)61(50-39-35-46(36-40-50)44-19-6-2-7-20-44)51-41-37-48(38-42-51)53-26-16-30-59(60(53)49-21-8-3-9-22-49)62-57-28-14-11-24-54(57)55-25-12-15-29-58(55)62/h1-42H. The molecule has 2 nitrogen and oxygen atoms in total. The van der Waals surface area contributed by atoms with Crippen molar-refractivity contribution in [2.24, 2.45) is 0 Å². The highest BCUT2D eigenvalue weighted by Gasteiger charge is 2.21. The summed E-state index contributed by atoms with van der Waals surface area (Å²) in [6, 6.07) is 92.0. The van der Waals surface area contributed by atoms with Crippen molar-refractivity contribution in [1.29, 1.82) is 0 Å². The van der Waals surface area contributed by atoms with Crippen LogP contribution in [0.4, 0.5) is 17.1 Å². The molecule has 0 atom stereocenters. The van der Waals surface area contributed by atoms with Crippen LogP contribution in [-0.2, 0) is 0 Å². The summed E-state index contributed by atoms with van der Waals surface area (Å²) in [6.45, 7) is 0. The zero-order chi connectivity index (χ0) is 41.2. The molecular weight excluding hydrogens is 749 g/mol. The molecule has 0 aliphatic carbocycles. The molecule has 292 valence electrons. The molecule has 0 saturated carbocycles. The maximum absolute atomic E-state index is 2.44. The van der Waals surface area contributed by atoms with Crippen molar-refractivity contribution in [1.82, 2.24) is 4.57 Å². The second kappa shape index (κ2) is 16.1. The van der Waals surface area contributed by atoms with E-state index in [1.54, 1.807) is 0 Å². The van der Waals surface area contributed by atoms with Gasteiger partial charge in [-0.15, -0.1) is 0 Å². The molecule has 1 heterocycles. The first kappa shape index (κ1) is 36.8. The minimum Gasteiger partial charge on any atom is -0.310 e. The van der Waals surface area contributed by atoms with Gasteiger partial charge in [0.1, 0.15) is 0 Å². The summed E-state index contributed by atoms with van der Waals surface area (Å²) in [5.74, 6) is 0. The van der Waals surface area contributed by atoms with Crippen LogP contribution < -0.4 is 4.90 Å². The molecule has 0 N–H and O–H groups in total. The van der Waals surface area contributed by atoms with Crippen molar-refractivity contribution in [3.8, 4) is 61.3 Å². The Morgan fingerprint density at radius 2 is 0.645 bits per heavy atom. The van der Waals surface area contributed by atoms with Crippen molar-refractivity contribution in [3.63, 3.8) is 0 Å². The van der Waals surface area contributed by atoms with Gasteiger partial charge in [0.05, 0.1) is 22.4 Å². The summed E-state index contributed by atoms with van der Waals surface area (Å²) in [5.41, 5.74) is 18.7. The lowest BCUT2D eigenvalue weighted by Gasteiger charge is -2.28. The number of fused-ring (bicyclic) bond motifs is 3. The van der Waals surface area contributed by atoms with Gasteiger partial charge in [-0.25, -0.2) is 0 Å². The minimum absolute atomic E-state index is 1.08. The second-order valence-corrected chi connectivity index (χ2v) is 15.7. The topological polar surface area (TPSA) is 8.17 Å². The van der Waals surface area contributed by atoms with Gasteiger partial charge in [-0.1, -0.05) is 206 Å². The SMILES string of the molecule is c1ccc(-c2ccc(-c3ccccc3N(c3ccc(-c4ccccc4)cc3)c3ccc(-c4cccc(-n5c6ccccc6c6ccccc65)c4-c4ccccc4)cc3)cc2)cc1. The number of aromatic nitrogens is 1. The molecule has 0 saturated heterocycles.